The summed E-state index contributed by atoms with van der Waals surface area (Å²) in [6, 6.07) is 10.9. The number of nitrogens with zero attached hydrogens (tertiary/aromatic N) is 2. The highest BCUT2D eigenvalue weighted by atomic mass is 32.2. The number of hydrogen-bond acceptors (Lipinski definition) is 13. The van der Waals surface area contributed by atoms with Crippen molar-refractivity contribution >= 4 is 69.8 Å². The van der Waals surface area contributed by atoms with E-state index in [1.807, 2.05) is 36.6 Å². The third kappa shape index (κ3) is 8.09. The van der Waals surface area contributed by atoms with E-state index in [0.29, 0.717) is 5.69 Å². The SMILES string of the molecule is CC(=O)OC[C@@H]1O[C@@H](SC2=N/C(=C\c3cccs3)C(=O)N2c2ccc(C)cc2)[C@@H](OC(C)=O)[C@H](OC(C)=O)[C@@H]1OC(C)=O. The standard InChI is InChI=1S/C29H30N2O10S2/c1-15-8-10-20(11-9-15)31-27(36)22(13-21-7-6-12-42-21)30-29(31)43-28-26(40-19(5)35)25(39-18(4)34)24(38-17(3)33)23(41-28)14-37-16(2)32/h6-13,23-26,28H,14H2,1-5H3/b22-13-/t23-,24+,25+,26-,28-/m0/s1. The number of hydrogen-bond donors (Lipinski definition) is 0. The number of thioether (sulfide) groups is 1. The monoisotopic (exact) mass is 630 g/mol. The highest BCUT2D eigenvalue weighted by Gasteiger charge is 2.53. The van der Waals surface area contributed by atoms with E-state index >= 15 is 0 Å². The van der Waals surface area contributed by atoms with Crippen LogP contribution in [-0.4, -0.2) is 71.4 Å². The number of aliphatic imine (C=N–C) groups is 1. The number of esters is 4. The molecule has 0 spiro atoms. The second-order valence-electron chi connectivity index (χ2n) is 9.60. The van der Waals surface area contributed by atoms with Gasteiger partial charge in [-0.15, -0.1) is 11.3 Å². The maximum absolute atomic E-state index is 13.7. The highest BCUT2D eigenvalue weighted by Crippen LogP contribution is 2.39. The molecule has 2 aromatic rings. The molecular formula is C29H30N2O10S2. The van der Waals surface area contributed by atoms with Crippen LogP contribution in [0.25, 0.3) is 6.08 Å². The van der Waals surface area contributed by atoms with E-state index in [-0.39, 0.29) is 17.5 Å². The van der Waals surface area contributed by atoms with Crippen molar-refractivity contribution in [2.45, 2.75) is 64.5 Å². The molecule has 0 unspecified atom stereocenters. The quantitative estimate of drug-likeness (QED) is 0.239. The number of aryl methyl sites for hydroxylation is 1. The lowest BCUT2D eigenvalue weighted by atomic mass is 9.99. The first-order valence-corrected chi connectivity index (χ1v) is 14.9. The van der Waals surface area contributed by atoms with E-state index in [0.717, 1.165) is 43.0 Å². The molecule has 1 saturated heterocycles. The van der Waals surface area contributed by atoms with Gasteiger partial charge in [0, 0.05) is 32.6 Å². The largest absolute Gasteiger partial charge is 0.463 e. The van der Waals surface area contributed by atoms with Crippen molar-refractivity contribution in [3.05, 3.63) is 57.9 Å². The predicted octanol–water partition coefficient (Wildman–Crippen LogP) is 3.62. The van der Waals surface area contributed by atoms with E-state index in [4.69, 9.17) is 23.7 Å². The topological polar surface area (TPSA) is 147 Å². The summed E-state index contributed by atoms with van der Waals surface area (Å²) in [5.41, 5.74) is 0.523. The lowest BCUT2D eigenvalue weighted by Crippen LogP contribution is -2.61. The number of benzene rings is 1. The van der Waals surface area contributed by atoms with Crippen LogP contribution in [0.15, 0.2) is 52.5 Å². The lowest BCUT2D eigenvalue weighted by molar-refractivity contribution is -0.237. The van der Waals surface area contributed by atoms with Gasteiger partial charge in [0.1, 0.15) is 18.4 Å². The van der Waals surface area contributed by atoms with E-state index in [1.54, 1.807) is 18.2 Å². The van der Waals surface area contributed by atoms with Gasteiger partial charge in [-0.25, -0.2) is 4.99 Å². The molecule has 4 rings (SSSR count). The van der Waals surface area contributed by atoms with Crippen LogP contribution in [0.3, 0.4) is 0 Å². The Bertz CT molecular complexity index is 1440. The maximum atomic E-state index is 13.7. The molecule has 1 aromatic carbocycles. The minimum Gasteiger partial charge on any atom is -0.463 e. The number of carbonyl (C=O) groups excluding carboxylic acids is 5. The Kier molecular flexibility index (Phi) is 10.4. The fraction of sp³-hybridized carbons (Fsp3) is 0.379. The van der Waals surface area contributed by atoms with E-state index in [2.05, 4.69) is 4.99 Å². The van der Waals surface area contributed by atoms with Gasteiger partial charge in [-0.1, -0.05) is 35.5 Å². The second kappa shape index (κ2) is 14.0. The highest BCUT2D eigenvalue weighted by molar-refractivity contribution is 8.14. The number of amides is 1. The van der Waals surface area contributed by atoms with Gasteiger partial charge in [0.25, 0.3) is 5.91 Å². The summed E-state index contributed by atoms with van der Waals surface area (Å²) < 4.78 is 27.9. The minimum atomic E-state index is -1.34. The molecule has 1 fully saturated rings. The smallest absolute Gasteiger partial charge is 0.303 e. The Hall–Kier alpha value is -4.01. The van der Waals surface area contributed by atoms with Gasteiger partial charge in [-0.05, 0) is 36.6 Å². The molecule has 3 heterocycles. The van der Waals surface area contributed by atoms with Crippen molar-refractivity contribution in [1.29, 1.82) is 0 Å². The van der Waals surface area contributed by atoms with Gasteiger partial charge in [0.15, 0.2) is 28.9 Å². The number of ether oxygens (including phenoxy) is 5. The van der Waals surface area contributed by atoms with Crippen molar-refractivity contribution in [2.75, 3.05) is 11.5 Å². The molecular weight excluding hydrogens is 600 g/mol. The van der Waals surface area contributed by atoms with Crippen LogP contribution in [0.2, 0.25) is 0 Å². The average molecular weight is 631 g/mol. The maximum Gasteiger partial charge on any atom is 0.303 e. The molecule has 0 N–H and O–H groups in total. The van der Waals surface area contributed by atoms with E-state index < -0.39 is 59.6 Å². The number of anilines is 1. The normalized spacial score (nSPS) is 24.3. The van der Waals surface area contributed by atoms with Crippen LogP contribution >= 0.6 is 23.1 Å². The van der Waals surface area contributed by atoms with Crippen LogP contribution < -0.4 is 4.90 Å². The summed E-state index contributed by atoms with van der Waals surface area (Å²) in [7, 11) is 0. The van der Waals surface area contributed by atoms with Gasteiger partial charge < -0.3 is 23.7 Å². The molecule has 2 aliphatic heterocycles. The summed E-state index contributed by atoms with van der Waals surface area (Å²) in [6.45, 7) is 6.20. The molecule has 1 aromatic heterocycles. The fourth-order valence-corrected chi connectivity index (χ4v) is 6.24. The van der Waals surface area contributed by atoms with Crippen molar-refractivity contribution in [3.63, 3.8) is 0 Å². The van der Waals surface area contributed by atoms with Crippen LogP contribution in [0.4, 0.5) is 5.69 Å². The van der Waals surface area contributed by atoms with Gasteiger partial charge in [0.2, 0.25) is 0 Å². The molecule has 228 valence electrons. The first kappa shape index (κ1) is 31.9. The third-order valence-electron chi connectivity index (χ3n) is 6.11. The Morgan fingerprint density at radius 2 is 1.56 bits per heavy atom. The predicted molar refractivity (Wildman–Crippen MR) is 158 cm³/mol. The summed E-state index contributed by atoms with van der Waals surface area (Å²) in [5, 5.41) is 2.07. The molecule has 2 aliphatic rings. The zero-order valence-electron chi connectivity index (χ0n) is 24.0. The zero-order valence-corrected chi connectivity index (χ0v) is 25.6. The van der Waals surface area contributed by atoms with Gasteiger partial charge in [-0.2, -0.15) is 0 Å². The summed E-state index contributed by atoms with van der Waals surface area (Å²) >= 11 is 2.38. The van der Waals surface area contributed by atoms with E-state index in [1.165, 1.54) is 23.2 Å². The van der Waals surface area contributed by atoms with E-state index in [9.17, 15) is 24.0 Å². The summed E-state index contributed by atoms with van der Waals surface area (Å²) in [6.07, 6.45) is -3.42. The van der Waals surface area contributed by atoms with Crippen molar-refractivity contribution in [3.8, 4) is 0 Å². The van der Waals surface area contributed by atoms with Crippen LogP contribution in [-0.2, 0) is 47.7 Å². The van der Waals surface area contributed by atoms with Crippen LogP contribution in [0.1, 0.15) is 38.1 Å². The Labute approximate surface area is 256 Å². The molecule has 43 heavy (non-hydrogen) atoms. The zero-order chi connectivity index (χ0) is 31.3. The van der Waals surface area contributed by atoms with Gasteiger partial charge in [-0.3, -0.25) is 28.9 Å². The molecule has 14 heteroatoms. The number of carbonyl (C=O) groups is 5. The molecule has 0 saturated carbocycles. The average Bonchev–Trinajstić information content (AvgIpc) is 3.54. The van der Waals surface area contributed by atoms with Crippen LogP contribution in [0.5, 0.6) is 0 Å². The number of amidine groups is 1. The third-order valence-corrected chi connectivity index (χ3v) is 8.03. The Morgan fingerprint density at radius 1 is 0.930 bits per heavy atom. The molecule has 0 bridgehead atoms. The number of thiophene rings is 1. The molecule has 0 radical (unpaired) electrons. The summed E-state index contributed by atoms with van der Waals surface area (Å²) in [4.78, 5) is 68.6. The molecule has 1 amide bonds. The van der Waals surface area contributed by atoms with Crippen LogP contribution in [0, 0.1) is 6.92 Å². The Balaban J connectivity index is 1.78. The fourth-order valence-electron chi connectivity index (χ4n) is 4.39. The first-order chi connectivity index (χ1) is 20.4. The van der Waals surface area contributed by atoms with Crippen molar-refractivity contribution in [2.24, 2.45) is 4.99 Å². The van der Waals surface area contributed by atoms with Crippen molar-refractivity contribution in [1.82, 2.24) is 0 Å². The number of rotatable bonds is 8. The molecule has 12 nitrogen and oxygen atoms in total. The van der Waals surface area contributed by atoms with Gasteiger partial charge >= 0.3 is 23.9 Å². The lowest BCUT2D eigenvalue weighted by Gasteiger charge is -2.44. The van der Waals surface area contributed by atoms with Gasteiger partial charge in [0.05, 0.1) is 5.69 Å². The van der Waals surface area contributed by atoms with Crippen molar-refractivity contribution < 1.29 is 47.7 Å². The Morgan fingerprint density at radius 3 is 2.14 bits per heavy atom. The molecule has 0 aliphatic carbocycles. The minimum absolute atomic E-state index is 0.163. The summed E-state index contributed by atoms with van der Waals surface area (Å²) in [5.74, 6) is -3.22. The first-order valence-electron chi connectivity index (χ1n) is 13.1. The molecule has 5 atom stereocenters. The second-order valence-corrected chi connectivity index (χ2v) is 11.6.